The second-order valence-electron chi connectivity index (χ2n) is 0.746. The van der Waals surface area contributed by atoms with Gasteiger partial charge in [-0.15, -0.1) is 0 Å². The molecule has 0 aliphatic heterocycles. The van der Waals surface area contributed by atoms with Crippen LogP contribution in [0.2, 0.25) is 0 Å². The maximum atomic E-state index is 6.42. The molecule has 0 aliphatic carbocycles. The summed E-state index contributed by atoms with van der Waals surface area (Å²) in [5.74, 6) is 0. The summed E-state index contributed by atoms with van der Waals surface area (Å²) in [4.78, 5) is 3.49. The van der Waals surface area contributed by atoms with Gasteiger partial charge in [0.1, 0.15) is 6.34 Å². The largest absolute Gasteiger partial charge is 0.290 e. The second-order valence-corrected chi connectivity index (χ2v) is 1.46. The van der Waals surface area contributed by atoms with Gasteiger partial charge in [0.15, 0.2) is 0 Å². The molecule has 0 rings (SSSR count). The van der Waals surface area contributed by atoms with Crippen molar-refractivity contribution in [2.45, 2.75) is 0 Å². The van der Waals surface area contributed by atoms with Crippen molar-refractivity contribution in [2.75, 3.05) is 0 Å². The fraction of sp³-hybridized carbons (Fsp3) is 0. The van der Waals surface area contributed by atoms with Crippen molar-refractivity contribution >= 4 is 35.1 Å². The number of halogens is 1. The highest BCUT2D eigenvalue weighted by Crippen LogP contribution is 1.78. The third-order valence-electron chi connectivity index (χ3n) is 0.319. The lowest BCUT2D eigenvalue weighted by atomic mass is 10.7. The molecule has 0 aliphatic rings. The first-order valence-corrected chi connectivity index (χ1v) is 2.94. The molecule has 38 valence electrons. The van der Waals surface area contributed by atoms with Gasteiger partial charge in [0.25, 0.3) is 0 Å². The molecular weight excluding hydrogens is 203 g/mol. The van der Waals surface area contributed by atoms with Crippen molar-refractivity contribution in [2.24, 2.45) is 4.99 Å². The van der Waals surface area contributed by atoms with Crippen LogP contribution in [0, 0.1) is 5.41 Å². The Kier molecular flexibility index (Phi) is 5.65. The van der Waals surface area contributed by atoms with Crippen LogP contribution in [0.5, 0.6) is 0 Å². The predicted molar refractivity (Wildman–Crippen MR) is 40.4 cm³/mol. The fourth-order valence-corrected chi connectivity index (χ4v) is 0.311. The molecule has 7 heavy (non-hydrogen) atoms. The van der Waals surface area contributed by atoms with Gasteiger partial charge < -0.3 is 0 Å². The Morgan fingerprint density at radius 3 is 2.71 bits per heavy atom. The molecule has 1 N–H and O–H groups in total. The standard InChI is InChI=1S/C4H5IN2/c5-2-1-3-7-4-6/h1-4,6H/b2-1-,6-4?,7-3?. The van der Waals surface area contributed by atoms with Crippen molar-refractivity contribution < 1.29 is 0 Å². The molecule has 3 heteroatoms. The first kappa shape index (κ1) is 6.81. The lowest BCUT2D eigenvalue weighted by molar-refractivity contribution is 1.52. The first-order valence-electron chi connectivity index (χ1n) is 1.69. The number of aliphatic imine (C=N–C) groups is 1. The summed E-state index contributed by atoms with van der Waals surface area (Å²) in [5, 5.41) is 6.42. The molecule has 0 atom stereocenters. The third-order valence-corrected chi connectivity index (χ3v) is 0.735. The zero-order valence-corrected chi connectivity index (χ0v) is 5.79. The van der Waals surface area contributed by atoms with E-state index in [-0.39, 0.29) is 0 Å². The van der Waals surface area contributed by atoms with Crippen LogP contribution < -0.4 is 0 Å². The van der Waals surface area contributed by atoms with E-state index < -0.39 is 0 Å². The Morgan fingerprint density at radius 2 is 2.29 bits per heavy atom. The first-order chi connectivity index (χ1) is 3.41. The number of nitrogens with one attached hydrogen (secondary N) is 1. The van der Waals surface area contributed by atoms with Crippen LogP contribution in [0.4, 0.5) is 0 Å². The summed E-state index contributed by atoms with van der Waals surface area (Å²) in [5.41, 5.74) is 0. The van der Waals surface area contributed by atoms with E-state index in [1.165, 1.54) is 0 Å². The molecule has 0 aromatic heterocycles. The predicted octanol–water partition coefficient (Wildman–Crippen LogP) is 1.61. The van der Waals surface area contributed by atoms with E-state index in [9.17, 15) is 0 Å². The zero-order chi connectivity index (χ0) is 5.54. The number of rotatable bonds is 2. The summed E-state index contributed by atoms with van der Waals surface area (Å²) in [6.07, 6.45) is 4.31. The number of nitrogens with zero attached hydrogens (tertiary/aromatic N) is 1. The number of hydrogen-bond acceptors (Lipinski definition) is 1. The Balaban J connectivity index is 3.27. The molecule has 0 amide bonds. The fourth-order valence-electron chi connectivity index (χ4n) is 0.125. The highest BCUT2D eigenvalue weighted by atomic mass is 127. The molecule has 0 fully saturated rings. The van der Waals surface area contributed by atoms with Crippen molar-refractivity contribution in [3.63, 3.8) is 0 Å². The summed E-state index contributed by atoms with van der Waals surface area (Å²) < 4.78 is 1.82. The van der Waals surface area contributed by atoms with Gasteiger partial charge in [-0.05, 0) is 10.2 Å². The van der Waals surface area contributed by atoms with Crippen molar-refractivity contribution in [1.29, 1.82) is 5.41 Å². The molecule has 0 radical (unpaired) electrons. The Morgan fingerprint density at radius 1 is 1.57 bits per heavy atom. The molecule has 0 aromatic carbocycles. The maximum absolute atomic E-state index is 6.42. The van der Waals surface area contributed by atoms with Gasteiger partial charge >= 0.3 is 0 Å². The lowest BCUT2D eigenvalue weighted by Crippen LogP contribution is -1.61. The lowest BCUT2D eigenvalue weighted by Gasteiger charge is -1.64. The minimum absolute atomic E-state index is 0.997. The summed E-state index contributed by atoms with van der Waals surface area (Å²) in [7, 11) is 0. The number of allylic oxidation sites excluding steroid dienone is 1. The van der Waals surface area contributed by atoms with Gasteiger partial charge in [0.2, 0.25) is 0 Å². The van der Waals surface area contributed by atoms with Gasteiger partial charge in [-0.3, -0.25) is 5.41 Å². The molecular formula is C4H5IN2. The normalized spacial score (nSPS) is 11.0. The molecule has 2 nitrogen and oxygen atoms in total. The third kappa shape index (κ3) is 5.81. The monoisotopic (exact) mass is 208 g/mol. The Bertz CT molecular complexity index is 95.9. The van der Waals surface area contributed by atoms with Gasteiger partial charge in [0, 0.05) is 6.21 Å². The Labute approximate surface area is 56.0 Å². The topological polar surface area (TPSA) is 36.2 Å². The molecule has 0 spiro atoms. The van der Waals surface area contributed by atoms with Crippen LogP contribution in [0.3, 0.4) is 0 Å². The zero-order valence-electron chi connectivity index (χ0n) is 3.63. The van der Waals surface area contributed by atoms with Crippen molar-refractivity contribution in [3.05, 3.63) is 10.2 Å². The SMILES string of the molecule is N=CN=C/C=C\I. The van der Waals surface area contributed by atoms with Crippen LogP contribution in [0.1, 0.15) is 0 Å². The van der Waals surface area contributed by atoms with E-state index in [4.69, 9.17) is 5.41 Å². The van der Waals surface area contributed by atoms with Crippen molar-refractivity contribution in [1.82, 2.24) is 0 Å². The quantitative estimate of drug-likeness (QED) is 0.406. The second kappa shape index (κ2) is 5.81. The highest BCUT2D eigenvalue weighted by molar-refractivity contribution is 14.1. The van der Waals surface area contributed by atoms with Gasteiger partial charge in [0.05, 0.1) is 0 Å². The van der Waals surface area contributed by atoms with E-state index in [2.05, 4.69) is 27.6 Å². The van der Waals surface area contributed by atoms with Crippen LogP contribution >= 0.6 is 22.6 Å². The minimum atomic E-state index is 0.997. The Hall–Kier alpha value is -0.190. The van der Waals surface area contributed by atoms with E-state index >= 15 is 0 Å². The van der Waals surface area contributed by atoms with Crippen molar-refractivity contribution in [3.8, 4) is 0 Å². The average molecular weight is 208 g/mol. The summed E-state index contributed by atoms with van der Waals surface area (Å²) in [6.45, 7) is 0. The molecule has 0 aromatic rings. The van der Waals surface area contributed by atoms with Gasteiger partial charge in [-0.1, -0.05) is 22.6 Å². The molecule has 0 heterocycles. The maximum Gasteiger partial charge on any atom is 0.106 e. The van der Waals surface area contributed by atoms with E-state index in [0.717, 1.165) is 6.34 Å². The van der Waals surface area contributed by atoms with Crippen LogP contribution in [0.15, 0.2) is 15.2 Å². The number of hydrogen-bond donors (Lipinski definition) is 1. The molecule has 0 saturated carbocycles. The smallest absolute Gasteiger partial charge is 0.106 e. The van der Waals surface area contributed by atoms with Crippen LogP contribution in [0.25, 0.3) is 0 Å². The summed E-state index contributed by atoms with van der Waals surface area (Å²) >= 11 is 2.08. The van der Waals surface area contributed by atoms with E-state index in [1.807, 2.05) is 4.08 Å². The molecule has 0 saturated heterocycles. The van der Waals surface area contributed by atoms with E-state index in [0.29, 0.717) is 0 Å². The average Bonchev–Trinajstić information content (AvgIpc) is 1.69. The van der Waals surface area contributed by atoms with E-state index in [1.54, 1.807) is 12.3 Å². The van der Waals surface area contributed by atoms with Gasteiger partial charge in [-0.25, -0.2) is 4.99 Å². The molecule has 0 unspecified atom stereocenters. The van der Waals surface area contributed by atoms with Crippen LogP contribution in [-0.4, -0.2) is 12.6 Å². The minimum Gasteiger partial charge on any atom is -0.290 e. The highest BCUT2D eigenvalue weighted by Gasteiger charge is 1.54. The molecule has 0 bridgehead atoms. The van der Waals surface area contributed by atoms with Gasteiger partial charge in [-0.2, -0.15) is 0 Å². The van der Waals surface area contributed by atoms with Crippen LogP contribution in [-0.2, 0) is 0 Å². The summed E-state index contributed by atoms with van der Waals surface area (Å²) in [6, 6.07) is 0.